The number of nitriles is 3. The fourth-order valence-electron chi connectivity index (χ4n) is 4.72. The molecule has 0 saturated heterocycles. The maximum Gasteiger partial charge on any atom is 0.410 e. The molecule has 1 aliphatic heterocycles. The number of allylic oxidation sites excluding steroid dienone is 2. The van der Waals surface area contributed by atoms with Gasteiger partial charge in [-0.3, -0.25) is 0 Å². The maximum atomic E-state index is 14.2. The second-order valence-electron chi connectivity index (χ2n) is 8.29. The monoisotopic (exact) mass is 471 g/mol. The molecule has 0 spiro atoms. The Morgan fingerprint density at radius 3 is 2.46 bits per heavy atom. The Morgan fingerprint density at radius 1 is 1.11 bits per heavy atom. The Balaban J connectivity index is 1.75. The Bertz CT molecular complexity index is 1350. The van der Waals surface area contributed by atoms with Crippen molar-refractivity contribution in [2.24, 2.45) is 17.1 Å². The summed E-state index contributed by atoms with van der Waals surface area (Å²) in [5.41, 5.74) is 5.30. The second kappa shape index (κ2) is 9.29. The van der Waals surface area contributed by atoms with E-state index in [1.165, 1.54) is 11.0 Å². The van der Waals surface area contributed by atoms with Crippen molar-refractivity contribution in [3.05, 3.63) is 94.2 Å². The van der Waals surface area contributed by atoms with Gasteiger partial charge >= 0.3 is 6.09 Å². The van der Waals surface area contributed by atoms with Gasteiger partial charge in [-0.2, -0.15) is 15.8 Å². The summed E-state index contributed by atoms with van der Waals surface area (Å²) in [7, 11) is 0. The number of hydrogen-bond acceptors (Lipinski definition) is 6. The van der Waals surface area contributed by atoms with E-state index in [0.717, 1.165) is 17.7 Å². The summed E-state index contributed by atoms with van der Waals surface area (Å²) in [6.45, 7) is 0.127. The number of nitrogens with two attached hydrogens (primary N) is 1. The van der Waals surface area contributed by atoms with Crippen LogP contribution in [0.1, 0.15) is 17.0 Å². The molecule has 7 nitrogen and oxygen atoms in total. The molecule has 1 aliphatic carbocycles. The number of benzene rings is 2. The van der Waals surface area contributed by atoms with Crippen LogP contribution >= 0.6 is 0 Å². The van der Waals surface area contributed by atoms with Gasteiger partial charge in [0.1, 0.15) is 12.7 Å². The van der Waals surface area contributed by atoms with Crippen LogP contribution < -0.4 is 5.73 Å². The van der Waals surface area contributed by atoms with Gasteiger partial charge in [0, 0.05) is 24.9 Å². The van der Waals surface area contributed by atoms with E-state index in [2.05, 4.69) is 0 Å². The summed E-state index contributed by atoms with van der Waals surface area (Å²) in [5, 5.41) is 29.9. The number of carbonyl (C=O) groups excluding carboxylic acids is 1. The minimum absolute atomic E-state index is 0.0192. The van der Waals surface area contributed by atoms with E-state index in [0.29, 0.717) is 5.57 Å². The van der Waals surface area contributed by atoms with Gasteiger partial charge in [-0.1, -0.05) is 42.5 Å². The SMILES string of the molecule is N#CC1=C(N)C(C#N)(C#N)[C@H](c2ccc(F)c(F)c2)[C@H]2CN(C(=O)OCc3ccccc3)CC=C12. The minimum atomic E-state index is -2.03. The number of fused-ring (bicyclic) bond motifs is 1. The summed E-state index contributed by atoms with van der Waals surface area (Å²) < 4.78 is 33.3. The van der Waals surface area contributed by atoms with Crippen molar-refractivity contribution in [2.75, 3.05) is 13.1 Å². The van der Waals surface area contributed by atoms with E-state index in [1.54, 1.807) is 6.08 Å². The third kappa shape index (κ3) is 3.96. The first-order chi connectivity index (χ1) is 16.9. The van der Waals surface area contributed by atoms with E-state index in [4.69, 9.17) is 10.5 Å². The average molecular weight is 471 g/mol. The zero-order valence-corrected chi connectivity index (χ0v) is 18.4. The summed E-state index contributed by atoms with van der Waals surface area (Å²) in [6, 6.07) is 18.0. The molecule has 0 unspecified atom stereocenters. The molecule has 0 saturated carbocycles. The van der Waals surface area contributed by atoms with Crippen molar-refractivity contribution >= 4 is 6.09 Å². The number of nitrogens with zero attached hydrogens (tertiary/aromatic N) is 4. The summed E-state index contributed by atoms with van der Waals surface area (Å²) in [4.78, 5) is 14.2. The lowest BCUT2D eigenvalue weighted by Gasteiger charge is -2.45. The number of ether oxygens (including phenoxy) is 1. The van der Waals surface area contributed by atoms with Crippen molar-refractivity contribution in [1.82, 2.24) is 4.90 Å². The van der Waals surface area contributed by atoms with Crippen molar-refractivity contribution in [1.29, 1.82) is 15.8 Å². The zero-order chi connectivity index (χ0) is 25.2. The molecule has 2 aromatic carbocycles. The van der Waals surface area contributed by atoms with Crippen LogP contribution in [0.5, 0.6) is 0 Å². The van der Waals surface area contributed by atoms with Crippen molar-refractivity contribution in [3.63, 3.8) is 0 Å². The first kappa shape index (κ1) is 23.5. The van der Waals surface area contributed by atoms with Crippen molar-refractivity contribution < 1.29 is 18.3 Å². The van der Waals surface area contributed by atoms with Crippen LogP contribution in [0.3, 0.4) is 0 Å². The Labute approximate surface area is 200 Å². The number of amides is 1. The molecule has 2 aliphatic rings. The largest absolute Gasteiger partial charge is 0.445 e. The Morgan fingerprint density at radius 2 is 1.83 bits per heavy atom. The van der Waals surface area contributed by atoms with Gasteiger partial charge in [-0.05, 0) is 28.8 Å². The number of carbonyl (C=O) groups is 1. The molecule has 1 amide bonds. The lowest BCUT2D eigenvalue weighted by molar-refractivity contribution is 0.0898. The molecule has 2 aromatic rings. The molecular formula is C26H19F2N5O2. The molecule has 174 valence electrons. The first-order valence-corrected chi connectivity index (χ1v) is 10.7. The van der Waals surface area contributed by atoms with E-state index in [9.17, 15) is 29.4 Å². The fraction of sp³-hybridized carbons (Fsp3) is 0.231. The second-order valence-corrected chi connectivity index (χ2v) is 8.29. The van der Waals surface area contributed by atoms with Crippen molar-refractivity contribution in [2.45, 2.75) is 12.5 Å². The average Bonchev–Trinajstić information content (AvgIpc) is 2.88. The highest BCUT2D eigenvalue weighted by molar-refractivity contribution is 5.69. The molecule has 1 heterocycles. The molecule has 0 aromatic heterocycles. The predicted octanol–water partition coefficient (Wildman–Crippen LogP) is 4.03. The standard InChI is InChI=1S/C26H19F2N5O2/c27-21-7-6-17(10-22(21)28)23-20-12-33(25(34)35-13-16-4-2-1-3-5-16)9-8-18(20)19(11-29)24(32)26(23,14-30)15-31/h1-8,10,20,23H,9,12-13,32H2/t20-,23+/m0/s1. The van der Waals surface area contributed by atoms with E-state index < -0.39 is 35.0 Å². The lowest BCUT2D eigenvalue weighted by Crippen LogP contribution is -2.49. The third-order valence-electron chi connectivity index (χ3n) is 6.43. The number of hydrogen-bond donors (Lipinski definition) is 1. The topological polar surface area (TPSA) is 127 Å². The van der Waals surface area contributed by atoms with E-state index in [-0.39, 0.29) is 36.5 Å². The van der Waals surface area contributed by atoms with E-state index >= 15 is 0 Å². The normalized spacial score (nSPS) is 20.5. The highest BCUT2D eigenvalue weighted by Gasteiger charge is 2.55. The highest BCUT2D eigenvalue weighted by Crippen LogP contribution is 2.54. The van der Waals surface area contributed by atoms with E-state index in [1.807, 2.05) is 48.5 Å². The predicted molar refractivity (Wildman–Crippen MR) is 119 cm³/mol. The van der Waals surface area contributed by atoms with Crippen LogP contribution in [0.2, 0.25) is 0 Å². The molecule has 4 rings (SSSR count). The summed E-state index contributed by atoms with van der Waals surface area (Å²) >= 11 is 0. The Kier molecular flexibility index (Phi) is 6.23. The van der Waals surface area contributed by atoms with Gasteiger partial charge < -0.3 is 15.4 Å². The van der Waals surface area contributed by atoms with Crippen LogP contribution in [-0.2, 0) is 11.3 Å². The van der Waals surface area contributed by atoms with Crippen LogP contribution in [-0.4, -0.2) is 24.1 Å². The molecule has 0 radical (unpaired) electrons. The van der Waals surface area contributed by atoms with Gasteiger partial charge in [0.25, 0.3) is 0 Å². The van der Waals surface area contributed by atoms with Crippen LogP contribution in [0.15, 0.2) is 71.5 Å². The molecule has 9 heteroatoms. The zero-order valence-electron chi connectivity index (χ0n) is 18.4. The van der Waals surface area contributed by atoms with Gasteiger partial charge in [0.05, 0.1) is 23.4 Å². The molecule has 0 bridgehead atoms. The van der Waals surface area contributed by atoms with Crippen LogP contribution in [0, 0.1) is 57.0 Å². The summed E-state index contributed by atoms with van der Waals surface area (Å²) in [5.74, 6) is -4.07. The van der Waals surface area contributed by atoms with Crippen LogP contribution in [0.25, 0.3) is 0 Å². The Hall–Kier alpha value is -4.68. The van der Waals surface area contributed by atoms with Gasteiger partial charge in [-0.25, -0.2) is 13.6 Å². The smallest absolute Gasteiger partial charge is 0.410 e. The molecule has 2 N–H and O–H groups in total. The van der Waals surface area contributed by atoms with Gasteiger partial charge in [0.2, 0.25) is 0 Å². The summed E-state index contributed by atoms with van der Waals surface area (Å²) in [6.07, 6.45) is 0.989. The first-order valence-electron chi connectivity index (χ1n) is 10.7. The van der Waals surface area contributed by atoms with Crippen molar-refractivity contribution in [3.8, 4) is 18.2 Å². The van der Waals surface area contributed by atoms with Gasteiger partial charge in [-0.15, -0.1) is 0 Å². The lowest BCUT2D eigenvalue weighted by atomic mass is 9.58. The quantitative estimate of drug-likeness (QED) is 0.720. The number of halogens is 2. The minimum Gasteiger partial charge on any atom is -0.445 e. The van der Waals surface area contributed by atoms with Crippen LogP contribution in [0.4, 0.5) is 13.6 Å². The number of rotatable bonds is 3. The molecule has 35 heavy (non-hydrogen) atoms. The highest BCUT2D eigenvalue weighted by atomic mass is 19.2. The fourth-order valence-corrected chi connectivity index (χ4v) is 4.72. The third-order valence-corrected chi connectivity index (χ3v) is 6.43. The molecule has 2 atom stereocenters. The molecule has 0 fully saturated rings. The molecular weight excluding hydrogens is 452 g/mol. The maximum absolute atomic E-state index is 14.2. The van der Waals surface area contributed by atoms with Gasteiger partial charge in [0.15, 0.2) is 17.0 Å².